The summed E-state index contributed by atoms with van der Waals surface area (Å²) in [5.74, 6) is 0.198. The third-order valence-electron chi connectivity index (χ3n) is 7.93. The Labute approximate surface area is 301 Å². The highest BCUT2D eigenvalue weighted by atomic mass is 33.8. The van der Waals surface area contributed by atoms with Gasteiger partial charge in [0, 0.05) is 16.7 Å². The van der Waals surface area contributed by atoms with Crippen LogP contribution in [0.15, 0.2) is 160 Å². The molecule has 0 amide bonds. The summed E-state index contributed by atoms with van der Waals surface area (Å²) in [6, 6.07) is 49.1. The molecule has 0 aliphatic rings. The molecule has 0 aromatic heterocycles. The summed E-state index contributed by atoms with van der Waals surface area (Å²) < 4.78 is 0. The minimum Gasteiger partial charge on any atom is -0.295 e. The van der Waals surface area contributed by atoms with Crippen LogP contribution in [0.4, 0.5) is 0 Å². The maximum absolute atomic E-state index is 11.7. The SMILES string of the molecule is CC(=O)c1ccc(-c2ccc(S[S+](Sc3ccc(-c4ccc(C(C)=O)cc4)cc3)Sc3ccc(-c4ccc(C(C)=O)cc4)cc3)cc2)cc1. The van der Waals surface area contributed by atoms with Crippen molar-refractivity contribution >= 4 is 57.7 Å². The Morgan fingerprint density at radius 2 is 0.510 bits per heavy atom. The first kappa shape index (κ1) is 34.6. The van der Waals surface area contributed by atoms with E-state index in [2.05, 4.69) is 72.8 Å². The molecule has 0 aliphatic carbocycles. The Balaban J connectivity index is 1.20. The van der Waals surface area contributed by atoms with Gasteiger partial charge in [0.05, 0.1) is 14.7 Å². The maximum Gasteiger partial charge on any atom is 0.213 e. The first-order chi connectivity index (χ1) is 23.7. The zero-order valence-electron chi connectivity index (χ0n) is 27.2. The second-order valence-electron chi connectivity index (χ2n) is 11.4. The Morgan fingerprint density at radius 1 is 0.327 bits per heavy atom. The summed E-state index contributed by atoms with van der Waals surface area (Å²) in [4.78, 5) is 38.6. The van der Waals surface area contributed by atoms with E-state index in [1.807, 2.05) is 105 Å². The largest absolute Gasteiger partial charge is 0.295 e. The highest BCUT2D eigenvalue weighted by Crippen LogP contribution is 2.50. The number of carbonyl (C=O) groups excluding carboxylic acids is 3. The molecular formula is C42H33O3S4+. The van der Waals surface area contributed by atoms with Gasteiger partial charge < -0.3 is 0 Å². The van der Waals surface area contributed by atoms with Crippen LogP contribution in [0.1, 0.15) is 51.8 Å². The lowest BCUT2D eigenvalue weighted by molar-refractivity contribution is 0.100. The molecule has 0 aliphatic heterocycles. The third kappa shape index (κ3) is 9.05. The zero-order valence-corrected chi connectivity index (χ0v) is 30.5. The number of hydrogen-bond acceptors (Lipinski definition) is 6. The van der Waals surface area contributed by atoms with Crippen molar-refractivity contribution in [2.75, 3.05) is 0 Å². The maximum atomic E-state index is 11.7. The monoisotopic (exact) mass is 713 g/mol. The molecule has 3 nitrogen and oxygen atoms in total. The molecule has 6 aromatic carbocycles. The predicted octanol–water partition coefficient (Wildman–Crippen LogP) is 12.3. The number of rotatable bonds is 12. The molecule has 0 radical (unpaired) electrons. The lowest BCUT2D eigenvalue weighted by atomic mass is 10.0. The summed E-state index contributed by atoms with van der Waals surface area (Å²) >= 11 is 0. The summed E-state index contributed by atoms with van der Waals surface area (Å²) in [7, 11) is 5.31. The summed E-state index contributed by atoms with van der Waals surface area (Å²) in [6.45, 7) is 4.75. The van der Waals surface area contributed by atoms with Crippen molar-refractivity contribution < 1.29 is 14.4 Å². The first-order valence-electron chi connectivity index (χ1n) is 15.7. The van der Waals surface area contributed by atoms with E-state index < -0.39 is 0 Å². The van der Waals surface area contributed by atoms with Gasteiger partial charge in [0.2, 0.25) is 7.99 Å². The lowest BCUT2D eigenvalue weighted by Gasteiger charge is -2.07. The summed E-state index contributed by atoms with van der Waals surface area (Å²) in [5, 5.41) is 0. The Bertz CT molecular complexity index is 1830. The third-order valence-corrected chi connectivity index (χ3v) is 16.4. The van der Waals surface area contributed by atoms with E-state index in [4.69, 9.17) is 0 Å². The van der Waals surface area contributed by atoms with Crippen molar-refractivity contribution in [3.8, 4) is 33.4 Å². The van der Waals surface area contributed by atoms with Crippen LogP contribution in [-0.2, 0) is 7.99 Å². The summed E-state index contributed by atoms with van der Waals surface area (Å²) in [5.41, 5.74) is 8.71. The van der Waals surface area contributed by atoms with Crippen LogP contribution < -0.4 is 0 Å². The van der Waals surface area contributed by atoms with Crippen LogP contribution in [0.5, 0.6) is 0 Å². The van der Waals surface area contributed by atoms with Gasteiger partial charge in [0.25, 0.3) is 0 Å². The lowest BCUT2D eigenvalue weighted by Crippen LogP contribution is -1.91. The van der Waals surface area contributed by atoms with Crippen LogP contribution in [0.2, 0.25) is 0 Å². The fourth-order valence-corrected chi connectivity index (χ4v) is 14.3. The van der Waals surface area contributed by atoms with E-state index in [0.717, 1.165) is 33.4 Å². The van der Waals surface area contributed by atoms with E-state index in [1.54, 1.807) is 20.8 Å². The number of carbonyl (C=O) groups is 3. The van der Waals surface area contributed by atoms with Crippen molar-refractivity contribution in [2.45, 2.75) is 35.5 Å². The Kier molecular flexibility index (Phi) is 11.3. The highest BCUT2D eigenvalue weighted by molar-refractivity contribution is 9.30. The van der Waals surface area contributed by atoms with Gasteiger partial charge in [-0.05, 0) is 90.6 Å². The van der Waals surface area contributed by atoms with Crippen LogP contribution in [0.3, 0.4) is 0 Å². The standard InChI is InChI=1S/C42H33O3S4/c1-28(43)31-4-10-34(11-5-31)37-16-22-40(23-17-37)46-49(47-41-24-18-38(19-25-41)35-12-6-32(7-13-35)29(2)44)48-42-26-20-39(21-27-42)36-14-8-33(9-15-36)30(3)45/h4-27H,1-3H3/q+1. The van der Waals surface area contributed by atoms with Crippen molar-refractivity contribution in [1.82, 2.24) is 0 Å². The van der Waals surface area contributed by atoms with Crippen LogP contribution in [-0.4, -0.2) is 17.3 Å². The highest BCUT2D eigenvalue weighted by Gasteiger charge is 2.29. The van der Waals surface area contributed by atoms with E-state index in [1.165, 1.54) is 14.7 Å². The average Bonchev–Trinajstić information content (AvgIpc) is 3.13. The molecule has 0 fully saturated rings. The smallest absolute Gasteiger partial charge is 0.213 e. The number of Topliss-reactive ketones (excluding diaryl/α,β-unsaturated/α-hetero) is 3. The average molecular weight is 714 g/mol. The van der Waals surface area contributed by atoms with E-state index in [-0.39, 0.29) is 25.3 Å². The van der Waals surface area contributed by atoms with Gasteiger partial charge in [0.1, 0.15) is 0 Å². The van der Waals surface area contributed by atoms with Gasteiger partial charge in [-0.3, -0.25) is 14.4 Å². The molecule has 6 rings (SSSR count). The van der Waals surface area contributed by atoms with Gasteiger partial charge in [-0.15, -0.1) is 0 Å². The molecule has 0 bridgehead atoms. The second kappa shape index (κ2) is 16.0. The number of benzene rings is 6. The van der Waals surface area contributed by atoms with Crippen molar-refractivity contribution in [3.63, 3.8) is 0 Å². The molecule has 0 unspecified atom stereocenters. The van der Waals surface area contributed by atoms with Crippen LogP contribution >= 0.6 is 32.4 Å². The fraction of sp³-hybridized carbons (Fsp3) is 0.0714. The molecule has 7 heteroatoms. The summed E-state index contributed by atoms with van der Waals surface area (Å²) in [6.07, 6.45) is 0. The molecular weight excluding hydrogens is 681 g/mol. The van der Waals surface area contributed by atoms with Gasteiger partial charge in [-0.2, -0.15) is 0 Å². The molecule has 0 saturated heterocycles. The normalized spacial score (nSPS) is 11.0. The number of hydrogen-bond donors (Lipinski definition) is 0. The van der Waals surface area contributed by atoms with Gasteiger partial charge in [0.15, 0.2) is 49.7 Å². The molecule has 0 spiro atoms. The topological polar surface area (TPSA) is 51.2 Å². The zero-order chi connectivity index (χ0) is 34.3. The van der Waals surface area contributed by atoms with Crippen LogP contribution in [0.25, 0.3) is 33.4 Å². The molecule has 49 heavy (non-hydrogen) atoms. The van der Waals surface area contributed by atoms with Crippen molar-refractivity contribution in [2.24, 2.45) is 0 Å². The van der Waals surface area contributed by atoms with E-state index in [9.17, 15) is 14.4 Å². The Morgan fingerprint density at radius 3 is 0.694 bits per heavy atom. The molecule has 6 aromatic rings. The van der Waals surface area contributed by atoms with Crippen molar-refractivity contribution in [3.05, 3.63) is 162 Å². The minimum atomic E-state index is -0.218. The van der Waals surface area contributed by atoms with Gasteiger partial charge in [-0.1, -0.05) is 109 Å². The molecule has 0 N–H and O–H groups in total. The van der Waals surface area contributed by atoms with Crippen LogP contribution in [0, 0.1) is 0 Å². The van der Waals surface area contributed by atoms with E-state index in [0.29, 0.717) is 16.7 Å². The van der Waals surface area contributed by atoms with E-state index >= 15 is 0 Å². The molecule has 242 valence electrons. The first-order valence-corrected chi connectivity index (χ1v) is 20.9. The predicted molar refractivity (Wildman–Crippen MR) is 211 cm³/mol. The van der Waals surface area contributed by atoms with Gasteiger partial charge in [-0.25, -0.2) is 0 Å². The fourth-order valence-electron chi connectivity index (χ4n) is 5.09. The van der Waals surface area contributed by atoms with Crippen molar-refractivity contribution in [1.29, 1.82) is 0 Å². The number of ketones is 3. The molecule has 0 atom stereocenters. The molecule has 0 saturated carbocycles. The second-order valence-corrected chi connectivity index (χ2v) is 20.1. The minimum absolute atomic E-state index is 0.0660. The van der Waals surface area contributed by atoms with Gasteiger partial charge >= 0.3 is 0 Å². The quantitative estimate of drug-likeness (QED) is 0.0715. The molecule has 0 heterocycles. The Hall–Kier alpha value is -4.27.